The molecule has 3 aromatic rings. The molecule has 0 saturated heterocycles. The van der Waals surface area contributed by atoms with Gasteiger partial charge in [-0.2, -0.15) is 0 Å². The molecule has 3 rings (SSSR count). The minimum Gasteiger partial charge on any atom is -0.312 e. The molecule has 0 spiro atoms. The van der Waals surface area contributed by atoms with E-state index in [-0.39, 0.29) is 0 Å². The van der Waals surface area contributed by atoms with Gasteiger partial charge in [-0.1, -0.05) is 103 Å². The molecular weight excluding hydrogens is 362 g/mol. The minimum atomic E-state index is 1.07. The van der Waals surface area contributed by atoms with E-state index in [4.69, 9.17) is 0 Å². The van der Waals surface area contributed by atoms with Gasteiger partial charge in [0.15, 0.2) is 0 Å². The van der Waals surface area contributed by atoms with Crippen molar-refractivity contribution < 1.29 is 4.48 Å². The zero-order valence-electron chi connectivity index (χ0n) is 18.3. The molecule has 0 aliphatic carbocycles. The van der Waals surface area contributed by atoms with Crippen molar-refractivity contribution in [2.75, 3.05) is 6.54 Å². The van der Waals surface area contributed by atoms with Gasteiger partial charge in [0.05, 0.1) is 6.54 Å². The third kappa shape index (κ3) is 7.31. The fraction of sp³-hybridized carbons (Fsp3) is 0.310. The molecule has 0 aliphatic rings. The van der Waals surface area contributed by atoms with E-state index in [1.54, 1.807) is 0 Å². The zero-order chi connectivity index (χ0) is 20.9. The Morgan fingerprint density at radius 1 is 0.533 bits per heavy atom. The van der Waals surface area contributed by atoms with Crippen LogP contribution in [0.4, 0.5) is 0 Å². The van der Waals surface area contributed by atoms with Crippen LogP contribution in [-0.2, 0) is 19.6 Å². The van der Waals surface area contributed by atoms with Crippen molar-refractivity contribution >= 4 is 0 Å². The molecule has 0 heterocycles. The normalized spacial score (nSPS) is 11.3. The van der Waals surface area contributed by atoms with E-state index in [1.807, 2.05) is 6.08 Å². The Labute approximate surface area is 183 Å². The highest BCUT2D eigenvalue weighted by Crippen LogP contribution is 2.25. The molecule has 0 saturated carbocycles. The van der Waals surface area contributed by atoms with Crippen molar-refractivity contribution in [3.63, 3.8) is 0 Å². The molecule has 0 N–H and O–H groups in total. The summed E-state index contributed by atoms with van der Waals surface area (Å²) in [4.78, 5) is 0. The molecule has 30 heavy (non-hydrogen) atoms. The van der Waals surface area contributed by atoms with E-state index < -0.39 is 0 Å². The van der Waals surface area contributed by atoms with Gasteiger partial charge in [-0.3, -0.25) is 0 Å². The third-order valence-corrected chi connectivity index (χ3v) is 5.87. The largest absolute Gasteiger partial charge is 0.312 e. The van der Waals surface area contributed by atoms with Crippen LogP contribution in [0.2, 0.25) is 0 Å². The summed E-state index contributed by atoms with van der Waals surface area (Å²) in [5.74, 6) is 0. The summed E-state index contributed by atoms with van der Waals surface area (Å²) in [7, 11) is 0. The number of hydrogen-bond acceptors (Lipinski definition) is 0. The van der Waals surface area contributed by atoms with Gasteiger partial charge in [0.25, 0.3) is 0 Å². The summed E-state index contributed by atoms with van der Waals surface area (Å²) in [6.07, 6.45) is 8.31. The smallest absolute Gasteiger partial charge is 0.105 e. The van der Waals surface area contributed by atoms with E-state index >= 15 is 0 Å². The lowest BCUT2D eigenvalue weighted by Crippen LogP contribution is -2.46. The molecule has 0 bridgehead atoms. The van der Waals surface area contributed by atoms with Crippen molar-refractivity contribution in [3.8, 4) is 0 Å². The fourth-order valence-electron chi connectivity index (χ4n) is 4.41. The molecule has 0 unspecified atom stereocenters. The first-order valence-electron chi connectivity index (χ1n) is 11.4. The number of nitrogens with zero attached hydrogens (tertiary/aromatic N) is 1. The molecule has 0 fully saturated rings. The summed E-state index contributed by atoms with van der Waals surface area (Å²) < 4.78 is 1.07. The Morgan fingerprint density at radius 3 is 1.33 bits per heavy atom. The lowest BCUT2D eigenvalue weighted by atomic mass is 10.0. The zero-order valence-corrected chi connectivity index (χ0v) is 18.3. The third-order valence-electron chi connectivity index (χ3n) is 5.87. The van der Waals surface area contributed by atoms with Crippen molar-refractivity contribution in [1.29, 1.82) is 0 Å². The first kappa shape index (κ1) is 22.1. The van der Waals surface area contributed by atoms with E-state index in [1.165, 1.54) is 48.9 Å². The van der Waals surface area contributed by atoms with Gasteiger partial charge in [0.2, 0.25) is 0 Å². The molecule has 0 radical (unpaired) electrons. The maximum Gasteiger partial charge on any atom is 0.105 e. The summed E-state index contributed by atoms with van der Waals surface area (Å²) >= 11 is 0. The molecule has 0 aliphatic heterocycles. The van der Waals surface area contributed by atoms with Crippen LogP contribution in [-0.4, -0.2) is 11.0 Å². The SMILES string of the molecule is C=CCCCCCC[N+](Cc1ccccc1)(Cc1ccccc1)Cc1ccccc1. The van der Waals surface area contributed by atoms with Crippen molar-refractivity contribution in [1.82, 2.24) is 0 Å². The monoisotopic (exact) mass is 398 g/mol. The van der Waals surface area contributed by atoms with Crippen LogP contribution in [0.25, 0.3) is 0 Å². The Hall–Kier alpha value is -2.64. The van der Waals surface area contributed by atoms with Gasteiger partial charge < -0.3 is 4.48 Å². The molecule has 1 heteroatoms. The quantitative estimate of drug-likeness (QED) is 0.158. The molecule has 1 nitrogen and oxygen atoms in total. The van der Waals surface area contributed by atoms with Gasteiger partial charge in [-0.15, -0.1) is 6.58 Å². The second-order valence-corrected chi connectivity index (χ2v) is 8.49. The highest BCUT2D eigenvalue weighted by Gasteiger charge is 2.28. The highest BCUT2D eigenvalue weighted by atomic mass is 15.3. The predicted molar refractivity (Wildman–Crippen MR) is 129 cm³/mol. The molecule has 156 valence electrons. The van der Waals surface area contributed by atoms with Gasteiger partial charge in [-0.05, 0) is 25.7 Å². The first-order valence-corrected chi connectivity index (χ1v) is 11.4. The Balaban J connectivity index is 1.83. The van der Waals surface area contributed by atoms with Crippen LogP contribution < -0.4 is 0 Å². The fourth-order valence-corrected chi connectivity index (χ4v) is 4.41. The second kappa shape index (κ2) is 12.1. The van der Waals surface area contributed by atoms with Crippen LogP contribution in [0.3, 0.4) is 0 Å². The molecule has 0 atom stereocenters. The Kier molecular flexibility index (Phi) is 8.93. The van der Waals surface area contributed by atoms with E-state index in [9.17, 15) is 0 Å². The Bertz CT molecular complexity index is 738. The van der Waals surface area contributed by atoms with Crippen molar-refractivity contribution in [2.24, 2.45) is 0 Å². The number of allylic oxidation sites excluding steroid dienone is 1. The van der Waals surface area contributed by atoms with E-state index in [2.05, 4.69) is 97.6 Å². The Morgan fingerprint density at radius 2 is 0.933 bits per heavy atom. The summed E-state index contributed by atoms with van der Waals surface area (Å²) in [6.45, 7) is 8.26. The molecule has 3 aromatic carbocycles. The molecular formula is C29H36N+. The number of unbranched alkanes of at least 4 members (excludes halogenated alkanes) is 4. The highest BCUT2D eigenvalue weighted by molar-refractivity contribution is 5.17. The van der Waals surface area contributed by atoms with Crippen LogP contribution in [0, 0.1) is 0 Å². The van der Waals surface area contributed by atoms with Crippen LogP contribution in [0.1, 0.15) is 48.8 Å². The predicted octanol–water partition coefficient (Wildman–Crippen LogP) is 7.54. The summed E-state index contributed by atoms with van der Waals surface area (Å²) in [5.41, 5.74) is 4.28. The first-order chi connectivity index (χ1) is 14.8. The topological polar surface area (TPSA) is 0 Å². The van der Waals surface area contributed by atoms with Crippen LogP contribution in [0.15, 0.2) is 104 Å². The van der Waals surface area contributed by atoms with Gasteiger partial charge >= 0.3 is 0 Å². The average molecular weight is 399 g/mol. The lowest BCUT2D eigenvalue weighted by Gasteiger charge is -2.39. The summed E-state index contributed by atoms with van der Waals surface area (Å²) in [5, 5.41) is 0. The number of rotatable bonds is 13. The van der Waals surface area contributed by atoms with Crippen LogP contribution in [0.5, 0.6) is 0 Å². The lowest BCUT2D eigenvalue weighted by molar-refractivity contribution is -0.966. The number of benzene rings is 3. The maximum absolute atomic E-state index is 3.86. The number of hydrogen-bond donors (Lipinski definition) is 0. The van der Waals surface area contributed by atoms with Gasteiger partial charge in [0, 0.05) is 16.7 Å². The average Bonchev–Trinajstić information content (AvgIpc) is 2.78. The van der Waals surface area contributed by atoms with Crippen molar-refractivity contribution in [2.45, 2.75) is 51.7 Å². The maximum atomic E-state index is 3.86. The van der Waals surface area contributed by atoms with Crippen LogP contribution >= 0.6 is 0 Å². The standard InChI is InChI=1S/C29H36N/c1-2-3-4-5-6-16-23-30(24-27-17-10-7-11-18-27,25-28-19-12-8-13-20-28)26-29-21-14-9-15-22-29/h2,7-15,17-22H,1,3-6,16,23-26H2/q+1. The van der Waals surface area contributed by atoms with Gasteiger partial charge in [-0.25, -0.2) is 0 Å². The van der Waals surface area contributed by atoms with Crippen molar-refractivity contribution in [3.05, 3.63) is 120 Å². The summed E-state index contributed by atoms with van der Waals surface area (Å²) in [6, 6.07) is 33.1. The second-order valence-electron chi connectivity index (χ2n) is 8.49. The minimum absolute atomic E-state index is 1.07. The van der Waals surface area contributed by atoms with E-state index in [0.29, 0.717) is 0 Å². The molecule has 0 aromatic heterocycles. The van der Waals surface area contributed by atoms with E-state index in [0.717, 1.165) is 30.5 Å². The number of quaternary nitrogens is 1. The van der Waals surface area contributed by atoms with Gasteiger partial charge in [0.1, 0.15) is 19.6 Å². The molecule has 0 amide bonds.